The van der Waals surface area contributed by atoms with E-state index < -0.39 is 0 Å². The second-order valence-corrected chi connectivity index (χ2v) is 0. The van der Waals surface area contributed by atoms with Gasteiger partial charge in [0, 0.05) is 0 Å². The third kappa shape index (κ3) is 10.4. The topological polar surface area (TPSA) is 0 Å². The van der Waals surface area contributed by atoms with E-state index in [-0.39, 0.29) is 51.8 Å². The van der Waals surface area contributed by atoms with Crippen molar-refractivity contribution in [3.8, 4) is 0 Å². The molecule has 0 bridgehead atoms. The maximum absolute atomic E-state index is 0. The molecule has 0 atom stereocenters. The highest BCUT2D eigenvalue weighted by atomic mass is 35.5. The molecule has 0 fully saturated rings. The summed E-state index contributed by atoms with van der Waals surface area (Å²) in [6, 6.07) is 0. The maximum atomic E-state index is 0. The second kappa shape index (κ2) is 28.1. The van der Waals surface area contributed by atoms with Gasteiger partial charge in [-0.2, -0.15) is 27.0 Å². The standard InChI is InChI=1S/2ClH.2H2S/h2*1H;2*1H2. The van der Waals surface area contributed by atoms with Crippen LogP contribution in [0.15, 0.2) is 0 Å². The lowest BCUT2D eigenvalue weighted by atomic mass is 32.1. The summed E-state index contributed by atoms with van der Waals surface area (Å²) in [7, 11) is 0. The summed E-state index contributed by atoms with van der Waals surface area (Å²) in [6.07, 6.45) is 0. The van der Waals surface area contributed by atoms with E-state index >= 15 is 0 Å². The average Bonchev–Trinajstić information content (AvgIpc) is 0. The normalized spacial score (nSPS) is 0. The monoisotopic (exact) mass is 140 g/mol. The first-order valence-electron chi connectivity index (χ1n) is 0. The Morgan fingerprint density at radius 3 is 0.500 bits per heavy atom. The molecule has 0 unspecified atom stereocenters. The summed E-state index contributed by atoms with van der Waals surface area (Å²) in [6.45, 7) is 0. The molecule has 0 saturated heterocycles. The summed E-state index contributed by atoms with van der Waals surface area (Å²) in [5.74, 6) is 0. The van der Waals surface area contributed by atoms with Gasteiger partial charge in [0.2, 0.25) is 0 Å². The Morgan fingerprint density at radius 1 is 0.500 bits per heavy atom. The van der Waals surface area contributed by atoms with Crippen molar-refractivity contribution in [3.05, 3.63) is 0 Å². The average molecular weight is 141 g/mol. The zero-order chi connectivity index (χ0) is 0. The fraction of sp³-hybridized carbons (Fsp3) is 0. The van der Waals surface area contributed by atoms with E-state index in [0.717, 1.165) is 0 Å². The summed E-state index contributed by atoms with van der Waals surface area (Å²) in [4.78, 5) is 0. The maximum Gasteiger partial charge on any atom is -0.147 e. The predicted octanol–water partition coefficient (Wildman–Crippen LogP) is 1.07. The van der Waals surface area contributed by atoms with Gasteiger partial charge in [-0.3, -0.25) is 0 Å². The summed E-state index contributed by atoms with van der Waals surface area (Å²) in [5.41, 5.74) is 0. The molecule has 4 heteroatoms. The minimum Gasteiger partial charge on any atom is -0.197 e. The Morgan fingerprint density at radius 2 is 0.500 bits per heavy atom. The molecule has 0 radical (unpaired) electrons. The molecule has 0 amide bonds. The quantitative estimate of drug-likeness (QED) is 0.473. The number of halogens is 2. The molecule has 32 valence electrons. The second-order valence-electron chi connectivity index (χ2n) is 0. The molecule has 0 spiro atoms. The molecule has 0 heterocycles. The van der Waals surface area contributed by atoms with Crippen LogP contribution in [0.5, 0.6) is 0 Å². The van der Waals surface area contributed by atoms with Crippen LogP contribution in [-0.2, 0) is 0 Å². The van der Waals surface area contributed by atoms with Crippen LogP contribution >= 0.6 is 51.8 Å². The van der Waals surface area contributed by atoms with Gasteiger partial charge in [0.1, 0.15) is 0 Å². The summed E-state index contributed by atoms with van der Waals surface area (Å²) in [5, 5.41) is 0. The molecule has 0 nitrogen and oxygen atoms in total. The van der Waals surface area contributed by atoms with Crippen molar-refractivity contribution < 1.29 is 0 Å². The zero-order valence-electron chi connectivity index (χ0n) is 1.82. The van der Waals surface area contributed by atoms with Crippen LogP contribution < -0.4 is 0 Å². The van der Waals surface area contributed by atoms with Gasteiger partial charge in [-0.05, 0) is 0 Å². The first-order valence-corrected chi connectivity index (χ1v) is 0. The lowest BCUT2D eigenvalue weighted by molar-refractivity contribution is 5.85. The lowest BCUT2D eigenvalue weighted by Crippen LogP contribution is 0.647. The molecule has 0 aliphatic heterocycles. The largest absolute Gasteiger partial charge is 0.197 e. The van der Waals surface area contributed by atoms with Crippen LogP contribution in [0.25, 0.3) is 0 Å². The van der Waals surface area contributed by atoms with Gasteiger partial charge < -0.3 is 0 Å². The van der Waals surface area contributed by atoms with Crippen molar-refractivity contribution >= 4 is 51.8 Å². The third-order valence-corrected chi connectivity index (χ3v) is 0. The van der Waals surface area contributed by atoms with Crippen LogP contribution in [0.3, 0.4) is 0 Å². The van der Waals surface area contributed by atoms with Crippen LogP contribution in [0.2, 0.25) is 0 Å². The number of rotatable bonds is 0. The first-order chi connectivity index (χ1) is 0. The van der Waals surface area contributed by atoms with Crippen LogP contribution in [0.4, 0.5) is 0 Å². The molecule has 0 aliphatic rings. The van der Waals surface area contributed by atoms with Gasteiger partial charge in [0.25, 0.3) is 0 Å². The number of hydrogen-bond acceptors (Lipinski definition) is 0. The van der Waals surface area contributed by atoms with E-state index in [0.29, 0.717) is 0 Å². The SMILES string of the molecule is Cl.Cl.S.S. The van der Waals surface area contributed by atoms with Gasteiger partial charge in [0.15, 0.2) is 0 Å². The fourth-order valence-corrected chi connectivity index (χ4v) is 0. The molecule has 0 aromatic heterocycles. The van der Waals surface area contributed by atoms with Gasteiger partial charge in [-0.25, -0.2) is 0 Å². The molecular weight excluding hydrogens is 135 g/mol. The van der Waals surface area contributed by atoms with Crippen LogP contribution in [0.1, 0.15) is 0 Å². The van der Waals surface area contributed by atoms with E-state index in [1.807, 2.05) is 0 Å². The molecule has 0 N–H and O–H groups in total. The molecular formula is H6Cl2S2. The molecule has 0 aliphatic carbocycles. The molecule has 4 heavy (non-hydrogen) atoms. The zero-order valence-corrected chi connectivity index (χ0v) is 5.45. The Bertz CT molecular complexity index is 4.00. The van der Waals surface area contributed by atoms with Crippen molar-refractivity contribution in [2.45, 2.75) is 0 Å². The Hall–Kier alpha value is 1.28. The van der Waals surface area contributed by atoms with Crippen LogP contribution in [0, 0.1) is 0 Å². The first kappa shape index (κ1) is 59.0. The smallest absolute Gasteiger partial charge is 0.147 e. The molecule has 0 saturated carbocycles. The van der Waals surface area contributed by atoms with Gasteiger partial charge in [0.05, 0.1) is 0 Å². The van der Waals surface area contributed by atoms with E-state index in [2.05, 4.69) is 0 Å². The van der Waals surface area contributed by atoms with Crippen molar-refractivity contribution in [1.29, 1.82) is 0 Å². The molecule has 0 rings (SSSR count). The highest BCUT2D eigenvalue weighted by molar-refractivity contribution is 7.59. The van der Waals surface area contributed by atoms with E-state index in [1.165, 1.54) is 0 Å². The van der Waals surface area contributed by atoms with Gasteiger partial charge in [-0.15, -0.1) is 24.8 Å². The van der Waals surface area contributed by atoms with E-state index in [1.54, 1.807) is 0 Å². The van der Waals surface area contributed by atoms with E-state index in [4.69, 9.17) is 0 Å². The Kier molecular flexibility index (Phi) is 415. The summed E-state index contributed by atoms with van der Waals surface area (Å²) >= 11 is 0. The minimum absolute atomic E-state index is 0. The molecule has 0 aromatic carbocycles. The molecule has 0 aromatic rings. The summed E-state index contributed by atoms with van der Waals surface area (Å²) < 4.78 is 0. The predicted molar refractivity (Wildman–Crippen MR) is 35.3 cm³/mol. The van der Waals surface area contributed by atoms with Crippen molar-refractivity contribution in [2.75, 3.05) is 0 Å². The third-order valence-electron chi connectivity index (χ3n) is 0. The fourth-order valence-electron chi connectivity index (χ4n) is 0. The van der Waals surface area contributed by atoms with Crippen molar-refractivity contribution in [3.63, 3.8) is 0 Å². The lowest BCUT2D eigenvalue weighted by Gasteiger charge is -0.198. The Labute approximate surface area is 52.1 Å². The van der Waals surface area contributed by atoms with E-state index in [9.17, 15) is 0 Å². The highest BCUT2D eigenvalue weighted by Crippen LogP contribution is 0.691. The van der Waals surface area contributed by atoms with Gasteiger partial charge in [-0.1, -0.05) is 0 Å². The van der Waals surface area contributed by atoms with Crippen molar-refractivity contribution in [1.82, 2.24) is 0 Å². The Balaban J connectivity index is 0. The van der Waals surface area contributed by atoms with Crippen LogP contribution in [-0.4, -0.2) is 0 Å². The number of hydrogen-bond donors (Lipinski definition) is 0. The minimum atomic E-state index is 0. The van der Waals surface area contributed by atoms with Gasteiger partial charge >= 0.3 is 0 Å². The van der Waals surface area contributed by atoms with Crippen molar-refractivity contribution in [2.24, 2.45) is 0 Å². The highest BCUT2D eigenvalue weighted by Gasteiger charge is -0.146.